The maximum Gasteiger partial charge on any atom is 0.312 e. The van der Waals surface area contributed by atoms with Crippen molar-refractivity contribution in [1.82, 2.24) is 4.57 Å². The lowest BCUT2D eigenvalue weighted by Crippen LogP contribution is -2.09. The van der Waals surface area contributed by atoms with E-state index in [4.69, 9.17) is 9.52 Å². The normalized spacial score (nSPS) is 17.4. The molecular formula is C13H10BrNO4. The lowest BCUT2D eigenvalue weighted by atomic mass is 10.1. The fraction of sp³-hybridized carbons (Fsp3) is 0.231. The van der Waals surface area contributed by atoms with Gasteiger partial charge in [0.25, 0.3) is 0 Å². The van der Waals surface area contributed by atoms with E-state index in [0.29, 0.717) is 28.8 Å². The third-order valence-corrected chi connectivity index (χ3v) is 3.94. The lowest BCUT2D eigenvalue weighted by Gasteiger charge is -2.04. The molecule has 0 amide bonds. The minimum Gasteiger partial charge on any atom is -0.481 e. The molecule has 0 saturated carbocycles. The maximum atomic E-state index is 12.3. The average Bonchev–Trinajstić information content (AvgIpc) is 3.01. The lowest BCUT2D eigenvalue weighted by molar-refractivity contribution is -0.138. The first-order valence-electron chi connectivity index (χ1n) is 5.79. The fourth-order valence-corrected chi connectivity index (χ4v) is 3.10. The Morgan fingerprint density at radius 2 is 2.26 bits per heavy atom. The van der Waals surface area contributed by atoms with Gasteiger partial charge in [-0.05, 0) is 40.5 Å². The van der Waals surface area contributed by atoms with Crippen LogP contribution in [0.15, 0.2) is 33.4 Å². The second-order valence-corrected chi connectivity index (χ2v) is 5.26. The molecule has 0 fully saturated rings. The molecule has 1 N–H and O–H groups in total. The molecule has 0 radical (unpaired) electrons. The third kappa shape index (κ3) is 1.83. The minimum atomic E-state index is -0.860. The summed E-state index contributed by atoms with van der Waals surface area (Å²) in [4.78, 5) is 23.5. The summed E-state index contributed by atoms with van der Waals surface area (Å²) >= 11 is 3.33. The van der Waals surface area contributed by atoms with Crippen molar-refractivity contribution in [2.75, 3.05) is 0 Å². The van der Waals surface area contributed by atoms with Crippen molar-refractivity contribution in [3.8, 4) is 0 Å². The Labute approximate surface area is 117 Å². The van der Waals surface area contributed by atoms with Gasteiger partial charge in [-0.25, -0.2) is 0 Å². The van der Waals surface area contributed by atoms with Gasteiger partial charge in [0.2, 0.25) is 5.78 Å². The van der Waals surface area contributed by atoms with Crippen LogP contribution in [0.3, 0.4) is 0 Å². The second-order valence-electron chi connectivity index (χ2n) is 4.40. The molecule has 0 saturated heterocycles. The summed E-state index contributed by atoms with van der Waals surface area (Å²) in [5.41, 5.74) is 1.11. The van der Waals surface area contributed by atoms with Gasteiger partial charge >= 0.3 is 5.97 Å². The quantitative estimate of drug-likeness (QED) is 0.881. The van der Waals surface area contributed by atoms with E-state index in [-0.39, 0.29) is 11.5 Å². The number of rotatable bonds is 3. The van der Waals surface area contributed by atoms with E-state index in [0.717, 1.165) is 0 Å². The van der Waals surface area contributed by atoms with Crippen LogP contribution in [0.25, 0.3) is 0 Å². The molecule has 3 rings (SSSR count). The number of aliphatic carboxylic acids is 1. The van der Waals surface area contributed by atoms with Crippen LogP contribution in [0.1, 0.15) is 34.3 Å². The van der Waals surface area contributed by atoms with Crippen molar-refractivity contribution in [3.63, 3.8) is 0 Å². The highest BCUT2D eigenvalue weighted by molar-refractivity contribution is 9.10. The van der Waals surface area contributed by atoms with Crippen molar-refractivity contribution in [2.24, 2.45) is 0 Å². The molecule has 5 nitrogen and oxygen atoms in total. The standard InChI is InChI=1S/C13H10BrNO4/c14-8-6-9-7(13(17)18)3-4-15(9)11(8)12(16)10-2-1-5-19-10/h1-2,5-7H,3-4H2,(H,17,18). The molecule has 1 unspecified atom stereocenters. The molecule has 0 aliphatic carbocycles. The van der Waals surface area contributed by atoms with Crippen molar-refractivity contribution in [1.29, 1.82) is 0 Å². The summed E-state index contributed by atoms with van der Waals surface area (Å²) in [5, 5.41) is 9.15. The van der Waals surface area contributed by atoms with E-state index in [9.17, 15) is 9.59 Å². The number of carbonyl (C=O) groups excluding carboxylic acids is 1. The molecule has 1 aliphatic heterocycles. The first-order valence-corrected chi connectivity index (χ1v) is 6.59. The molecule has 1 aliphatic rings. The number of fused-ring (bicyclic) bond motifs is 1. The minimum absolute atomic E-state index is 0.242. The molecule has 1 atom stereocenters. The first kappa shape index (κ1) is 12.2. The molecular weight excluding hydrogens is 314 g/mol. The fourth-order valence-electron chi connectivity index (χ4n) is 2.48. The van der Waals surface area contributed by atoms with Crippen LogP contribution in [0.4, 0.5) is 0 Å². The molecule has 19 heavy (non-hydrogen) atoms. The van der Waals surface area contributed by atoms with Crippen LogP contribution >= 0.6 is 15.9 Å². The van der Waals surface area contributed by atoms with Gasteiger partial charge in [0, 0.05) is 16.7 Å². The van der Waals surface area contributed by atoms with Crippen LogP contribution in [0.2, 0.25) is 0 Å². The van der Waals surface area contributed by atoms with E-state index in [1.54, 1.807) is 22.8 Å². The largest absolute Gasteiger partial charge is 0.481 e. The number of halogens is 1. The van der Waals surface area contributed by atoms with E-state index in [1.165, 1.54) is 6.26 Å². The highest BCUT2D eigenvalue weighted by Gasteiger charge is 2.34. The topological polar surface area (TPSA) is 72.4 Å². The molecule has 98 valence electrons. The summed E-state index contributed by atoms with van der Waals surface area (Å²) in [6, 6.07) is 4.95. The van der Waals surface area contributed by atoms with E-state index < -0.39 is 11.9 Å². The SMILES string of the molecule is O=C(c1ccco1)c1c(Br)cc2n1CCC2C(=O)O. The zero-order chi connectivity index (χ0) is 13.6. The number of ketones is 1. The van der Waals surface area contributed by atoms with Crippen LogP contribution in [-0.2, 0) is 11.3 Å². The molecule has 6 heteroatoms. The van der Waals surface area contributed by atoms with Gasteiger partial charge in [-0.2, -0.15) is 0 Å². The number of carboxylic acid groups (broad SMARTS) is 1. The van der Waals surface area contributed by atoms with Gasteiger partial charge in [-0.1, -0.05) is 0 Å². The Kier molecular flexibility index (Phi) is 2.82. The Morgan fingerprint density at radius 3 is 2.89 bits per heavy atom. The third-order valence-electron chi connectivity index (χ3n) is 3.34. The highest BCUT2D eigenvalue weighted by Crippen LogP contribution is 2.36. The number of hydrogen-bond donors (Lipinski definition) is 1. The predicted molar refractivity (Wildman–Crippen MR) is 69.3 cm³/mol. The summed E-state index contributed by atoms with van der Waals surface area (Å²) < 4.78 is 7.47. The second kappa shape index (κ2) is 4.38. The Balaban J connectivity index is 2.07. The van der Waals surface area contributed by atoms with E-state index in [2.05, 4.69) is 15.9 Å². The smallest absolute Gasteiger partial charge is 0.312 e. The number of aromatic nitrogens is 1. The van der Waals surface area contributed by atoms with Gasteiger partial charge in [0.15, 0.2) is 5.76 Å². The van der Waals surface area contributed by atoms with Crippen molar-refractivity contribution in [3.05, 3.63) is 46.1 Å². The summed E-state index contributed by atoms with van der Waals surface area (Å²) in [6.45, 7) is 0.527. The molecule has 0 aromatic carbocycles. The number of nitrogens with zero attached hydrogens (tertiary/aromatic N) is 1. The number of furan rings is 1. The van der Waals surface area contributed by atoms with Crippen molar-refractivity contribution < 1.29 is 19.1 Å². The highest BCUT2D eigenvalue weighted by atomic mass is 79.9. The molecule has 0 spiro atoms. The molecule has 2 aromatic heterocycles. The van der Waals surface area contributed by atoms with Gasteiger partial charge in [-0.3, -0.25) is 9.59 Å². The number of hydrogen-bond acceptors (Lipinski definition) is 3. The Bertz CT molecular complexity index is 656. The molecule has 2 aromatic rings. The molecule has 0 bridgehead atoms. The Hall–Kier alpha value is -1.82. The predicted octanol–water partition coefficient (Wildman–Crippen LogP) is 2.65. The monoisotopic (exact) mass is 323 g/mol. The van der Waals surface area contributed by atoms with Gasteiger partial charge in [0.05, 0.1) is 12.2 Å². The Morgan fingerprint density at radius 1 is 1.47 bits per heavy atom. The van der Waals surface area contributed by atoms with Gasteiger partial charge in [0.1, 0.15) is 5.69 Å². The maximum absolute atomic E-state index is 12.3. The average molecular weight is 324 g/mol. The number of carboxylic acids is 1. The molecule has 3 heterocycles. The zero-order valence-corrected chi connectivity index (χ0v) is 11.4. The van der Waals surface area contributed by atoms with Crippen LogP contribution in [0, 0.1) is 0 Å². The zero-order valence-electron chi connectivity index (χ0n) is 9.80. The van der Waals surface area contributed by atoms with E-state index >= 15 is 0 Å². The van der Waals surface area contributed by atoms with Crippen LogP contribution in [-0.4, -0.2) is 21.4 Å². The van der Waals surface area contributed by atoms with Crippen LogP contribution in [0.5, 0.6) is 0 Å². The van der Waals surface area contributed by atoms with Gasteiger partial charge in [-0.15, -0.1) is 0 Å². The number of carbonyl (C=O) groups is 2. The van der Waals surface area contributed by atoms with E-state index in [1.807, 2.05) is 0 Å². The van der Waals surface area contributed by atoms with Crippen LogP contribution < -0.4 is 0 Å². The first-order chi connectivity index (χ1) is 9.09. The van der Waals surface area contributed by atoms with Crippen molar-refractivity contribution in [2.45, 2.75) is 18.9 Å². The summed E-state index contributed by atoms with van der Waals surface area (Å²) in [5.74, 6) is -1.40. The summed E-state index contributed by atoms with van der Waals surface area (Å²) in [7, 11) is 0. The van der Waals surface area contributed by atoms with Gasteiger partial charge < -0.3 is 14.1 Å². The summed E-state index contributed by atoms with van der Waals surface area (Å²) in [6.07, 6.45) is 1.95. The van der Waals surface area contributed by atoms with Crippen molar-refractivity contribution >= 4 is 27.7 Å².